The second-order valence-corrected chi connectivity index (χ2v) is 4.19. The molecule has 16 heavy (non-hydrogen) atoms. The van der Waals surface area contributed by atoms with E-state index in [-0.39, 0.29) is 12.1 Å². The van der Waals surface area contributed by atoms with E-state index in [1.807, 2.05) is 0 Å². The van der Waals surface area contributed by atoms with Gasteiger partial charge in [0.15, 0.2) is 17.5 Å². The van der Waals surface area contributed by atoms with Crippen molar-refractivity contribution in [2.45, 2.75) is 6.54 Å². The van der Waals surface area contributed by atoms with Gasteiger partial charge < -0.3 is 5.73 Å². The Labute approximate surface area is 94.3 Å². The van der Waals surface area contributed by atoms with E-state index in [2.05, 4.69) is 0 Å². The predicted octanol–water partition coefficient (Wildman–Crippen LogP) is 3.29. The summed E-state index contributed by atoms with van der Waals surface area (Å²) in [6.07, 6.45) is 0. The van der Waals surface area contributed by atoms with Crippen LogP contribution < -0.4 is 5.73 Å². The highest BCUT2D eigenvalue weighted by Gasteiger charge is 2.16. The molecule has 2 aromatic rings. The van der Waals surface area contributed by atoms with Crippen LogP contribution in [-0.2, 0) is 6.54 Å². The van der Waals surface area contributed by atoms with Crippen molar-refractivity contribution < 1.29 is 13.2 Å². The molecule has 0 unspecified atom stereocenters. The van der Waals surface area contributed by atoms with Gasteiger partial charge in [-0.2, -0.15) is 0 Å². The summed E-state index contributed by atoms with van der Waals surface area (Å²) >= 11 is 1.36. The largest absolute Gasteiger partial charge is 0.326 e. The van der Waals surface area contributed by atoms with Crippen LogP contribution in [0, 0.1) is 17.5 Å². The third-order valence-corrected chi connectivity index (χ3v) is 3.20. The van der Waals surface area contributed by atoms with Gasteiger partial charge in [-0.3, -0.25) is 0 Å². The van der Waals surface area contributed by atoms with Crippen molar-refractivity contribution in [1.82, 2.24) is 0 Å². The zero-order valence-electron chi connectivity index (χ0n) is 8.14. The standard InChI is InChI=1S/C11H8F3NS/c12-8-2-1-7(10(13)11(8)14)6-3-4-16-9(6)5-15/h1-4H,5,15H2. The average Bonchev–Trinajstić information content (AvgIpc) is 2.74. The van der Waals surface area contributed by atoms with Crippen LogP contribution in [-0.4, -0.2) is 0 Å². The maximum absolute atomic E-state index is 13.5. The molecular formula is C11H8F3NS. The molecule has 0 fully saturated rings. The number of benzene rings is 1. The molecule has 2 rings (SSSR count). The van der Waals surface area contributed by atoms with E-state index in [9.17, 15) is 13.2 Å². The van der Waals surface area contributed by atoms with Gasteiger partial charge in [-0.1, -0.05) is 0 Å². The quantitative estimate of drug-likeness (QED) is 0.805. The lowest BCUT2D eigenvalue weighted by Gasteiger charge is -2.05. The molecule has 0 amide bonds. The minimum Gasteiger partial charge on any atom is -0.326 e. The van der Waals surface area contributed by atoms with Gasteiger partial charge in [-0.15, -0.1) is 11.3 Å². The van der Waals surface area contributed by atoms with Crippen molar-refractivity contribution in [2.24, 2.45) is 5.73 Å². The van der Waals surface area contributed by atoms with Gasteiger partial charge in [-0.25, -0.2) is 13.2 Å². The highest BCUT2D eigenvalue weighted by atomic mass is 32.1. The lowest BCUT2D eigenvalue weighted by Crippen LogP contribution is -1.98. The Morgan fingerprint density at radius 1 is 1.00 bits per heavy atom. The molecule has 2 N–H and O–H groups in total. The minimum absolute atomic E-state index is 0.0422. The Hall–Kier alpha value is -1.33. The summed E-state index contributed by atoms with van der Waals surface area (Å²) in [5.41, 5.74) is 6.03. The molecule has 1 nitrogen and oxygen atoms in total. The van der Waals surface area contributed by atoms with Crippen LogP contribution in [0.2, 0.25) is 0 Å². The third-order valence-electron chi connectivity index (χ3n) is 2.26. The molecule has 0 spiro atoms. The van der Waals surface area contributed by atoms with E-state index in [0.717, 1.165) is 10.9 Å². The van der Waals surface area contributed by atoms with E-state index < -0.39 is 17.5 Å². The molecule has 1 aromatic heterocycles. The predicted molar refractivity (Wildman–Crippen MR) is 57.5 cm³/mol. The molecular weight excluding hydrogens is 235 g/mol. The van der Waals surface area contributed by atoms with Crippen molar-refractivity contribution in [2.75, 3.05) is 0 Å². The maximum atomic E-state index is 13.5. The van der Waals surface area contributed by atoms with Gasteiger partial charge in [-0.05, 0) is 29.1 Å². The number of thiophene rings is 1. The van der Waals surface area contributed by atoms with Crippen molar-refractivity contribution in [1.29, 1.82) is 0 Å². The van der Waals surface area contributed by atoms with E-state index in [0.29, 0.717) is 5.56 Å². The monoisotopic (exact) mass is 243 g/mol. The molecule has 0 atom stereocenters. The van der Waals surface area contributed by atoms with Gasteiger partial charge >= 0.3 is 0 Å². The van der Waals surface area contributed by atoms with Crippen LogP contribution in [0.3, 0.4) is 0 Å². The smallest absolute Gasteiger partial charge is 0.195 e. The second-order valence-electron chi connectivity index (χ2n) is 3.18. The number of nitrogens with two attached hydrogens (primary N) is 1. The Morgan fingerprint density at radius 2 is 1.75 bits per heavy atom. The Morgan fingerprint density at radius 3 is 2.44 bits per heavy atom. The summed E-state index contributed by atoms with van der Waals surface area (Å²) < 4.78 is 39.3. The lowest BCUT2D eigenvalue weighted by molar-refractivity contribution is 0.449. The second kappa shape index (κ2) is 4.27. The van der Waals surface area contributed by atoms with Gasteiger partial charge in [0.25, 0.3) is 0 Å². The summed E-state index contributed by atoms with van der Waals surface area (Å²) in [4.78, 5) is 0.741. The fourth-order valence-corrected chi connectivity index (χ4v) is 2.24. The van der Waals surface area contributed by atoms with E-state index in [4.69, 9.17) is 5.73 Å². The van der Waals surface area contributed by atoms with Crippen LogP contribution in [0.15, 0.2) is 23.6 Å². The third kappa shape index (κ3) is 1.72. The lowest BCUT2D eigenvalue weighted by atomic mass is 10.1. The van der Waals surface area contributed by atoms with Crippen LogP contribution >= 0.6 is 11.3 Å². The molecule has 1 heterocycles. The van der Waals surface area contributed by atoms with E-state index in [1.54, 1.807) is 11.4 Å². The topological polar surface area (TPSA) is 26.0 Å². The average molecular weight is 243 g/mol. The molecule has 0 aliphatic rings. The number of hydrogen-bond donors (Lipinski definition) is 1. The first-order valence-electron chi connectivity index (χ1n) is 4.55. The summed E-state index contributed by atoms with van der Waals surface area (Å²) in [6.45, 7) is 0.242. The summed E-state index contributed by atoms with van der Waals surface area (Å²) in [6, 6.07) is 3.77. The van der Waals surface area contributed by atoms with Crippen LogP contribution in [0.4, 0.5) is 13.2 Å². The summed E-state index contributed by atoms with van der Waals surface area (Å²) in [5.74, 6) is -3.81. The fraction of sp³-hybridized carbons (Fsp3) is 0.0909. The minimum atomic E-state index is -1.45. The molecule has 0 saturated carbocycles. The normalized spacial score (nSPS) is 10.8. The summed E-state index contributed by atoms with van der Waals surface area (Å²) in [5, 5.41) is 1.73. The number of hydrogen-bond acceptors (Lipinski definition) is 2. The Balaban J connectivity index is 2.61. The van der Waals surface area contributed by atoms with Crippen LogP contribution in [0.5, 0.6) is 0 Å². The van der Waals surface area contributed by atoms with Gasteiger partial charge in [0, 0.05) is 17.0 Å². The SMILES string of the molecule is NCc1sccc1-c1ccc(F)c(F)c1F. The first-order valence-corrected chi connectivity index (χ1v) is 5.43. The maximum Gasteiger partial charge on any atom is 0.195 e. The Bertz CT molecular complexity index is 522. The van der Waals surface area contributed by atoms with Crippen LogP contribution in [0.1, 0.15) is 4.88 Å². The molecule has 0 bridgehead atoms. The Kier molecular flexibility index (Phi) is 2.98. The highest BCUT2D eigenvalue weighted by molar-refractivity contribution is 7.10. The highest BCUT2D eigenvalue weighted by Crippen LogP contribution is 2.31. The number of halogens is 3. The molecule has 0 saturated heterocycles. The molecule has 0 aliphatic carbocycles. The molecule has 1 aromatic carbocycles. The molecule has 0 aliphatic heterocycles. The summed E-state index contributed by atoms with van der Waals surface area (Å²) in [7, 11) is 0. The zero-order valence-corrected chi connectivity index (χ0v) is 8.95. The van der Waals surface area contributed by atoms with E-state index in [1.165, 1.54) is 17.4 Å². The van der Waals surface area contributed by atoms with Gasteiger partial charge in [0.2, 0.25) is 0 Å². The van der Waals surface area contributed by atoms with Crippen LogP contribution in [0.25, 0.3) is 11.1 Å². The van der Waals surface area contributed by atoms with Crippen molar-refractivity contribution in [3.63, 3.8) is 0 Å². The van der Waals surface area contributed by atoms with E-state index >= 15 is 0 Å². The molecule has 84 valence electrons. The van der Waals surface area contributed by atoms with Crippen molar-refractivity contribution in [3.05, 3.63) is 45.9 Å². The molecule has 0 radical (unpaired) electrons. The number of rotatable bonds is 2. The van der Waals surface area contributed by atoms with Gasteiger partial charge in [0.05, 0.1) is 0 Å². The van der Waals surface area contributed by atoms with Crippen molar-refractivity contribution in [3.8, 4) is 11.1 Å². The first kappa shape index (κ1) is 11.2. The van der Waals surface area contributed by atoms with Crippen molar-refractivity contribution >= 4 is 11.3 Å². The fourth-order valence-electron chi connectivity index (χ4n) is 1.47. The first-order chi connectivity index (χ1) is 7.65. The van der Waals surface area contributed by atoms with Gasteiger partial charge in [0.1, 0.15) is 0 Å². The molecule has 5 heteroatoms. The zero-order chi connectivity index (χ0) is 11.7.